The predicted octanol–water partition coefficient (Wildman–Crippen LogP) is 3.47. The fourth-order valence-corrected chi connectivity index (χ4v) is 2.24. The molecule has 1 aromatic heterocycles. The summed E-state index contributed by atoms with van der Waals surface area (Å²) in [5, 5.41) is 6.46. The van der Waals surface area contributed by atoms with Crippen LogP contribution in [-0.4, -0.2) is 31.6 Å². The second-order valence-electron chi connectivity index (χ2n) is 6.01. The molecule has 0 saturated heterocycles. The quantitative estimate of drug-likeness (QED) is 0.385. The monoisotopic (exact) mass is 471 g/mol. The summed E-state index contributed by atoms with van der Waals surface area (Å²) in [4.78, 5) is 11.1. The lowest BCUT2D eigenvalue weighted by Crippen LogP contribution is -2.37. The summed E-state index contributed by atoms with van der Waals surface area (Å²) in [6.07, 6.45) is 0. The topological polar surface area (TPSA) is 52.6 Å². The second-order valence-corrected chi connectivity index (χ2v) is 6.01. The van der Waals surface area contributed by atoms with Crippen molar-refractivity contribution in [1.29, 1.82) is 0 Å². The van der Waals surface area contributed by atoms with Gasteiger partial charge in [-0.1, -0.05) is 18.2 Å². The summed E-state index contributed by atoms with van der Waals surface area (Å²) in [5.41, 5.74) is 2.41. The lowest BCUT2D eigenvalue weighted by atomic mass is 10.1. The third-order valence-electron chi connectivity index (χ3n) is 3.69. The van der Waals surface area contributed by atoms with Gasteiger partial charge in [-0.05, 0) is 43.2 Å². The van der Waals surface area contributed by atoms with Crippen molar-refractivity contribution in [2.24, 2.45) is 4.99 Å². The van der Waals surface area contributed by atoms with Crippen molar-refractivity contribution in [2.45, 2.75) is 26.9 Å². The molecule has 0 bridgehead atoms. The van der Waals surface area contributed by atoms with Crippen molar-refractivity contribution in [3.8, 4) is 0 Å². The molecule has 0 aliphatic heterocycles. The number of anilines is 1. The molecule has 0 aliphatic carbocycles. The van der Waals surface area contributed by atoms with Gasteiger partial charge in [0.2, 0.25) is 0 Å². The number of pyridine rings is 1. The van der Waals surface area contributed by atoms with Gasteiger partial charge in [-0.2, -0.15) is 0 Å². The summed E-state index contributed by atoms with van der Waals surface area (Å²) in [5.74, 6) is 1.40. The fraction of sp³-hybridized carbons (Fsp3) is 0.368. The van der Waals surface area contributed by atoms with Gasteiger partial charge in [-0.3, -0.25) is 0 Å². The Morgan fingerprint density at radius 1 is 1.19 bits per heavy atom. The van der Waals surface area contributed by atoms with Crippen molar-refractivity contribution < 1.29 is 4.39 Å². The maximum Gasteiger partial charge on any atom is 0.191 e. The van der Waals surface area contributed by atoms with Crippen LogP contribution in [0.1, 0.15) is 23.7 Å². The van der Waals surface area contributed by atoms with Crippen LogP contribution in [0.4, 0.5) is 10.2 Å². The number of halogens is 2. The Balaban J connectivity index is 0.00000338. The minimum absolute atomic E-state index is 0. The summed E-state index contributed by atoms with van der Waals surface area (Å²) < 4.78 is 13.6. The van der Waals surface area contributed by atoms with Crippen molar-refractivity contribution in [3.05, 3.63) is 59.0 Å². The molecule has 2 N–H and O–H groups in total. The van der Waals surface area contributed by atoms with Gasteiger partial charge in [0.25, 0.3) is 0 Å². The molecule has 0 saturated carbocycles. The van der Waals surface area contributed by atoms with Crippen LogP contribution in [0, 0.1) is 12.7 Å². The molecule has 142 valence electrons. The zero-order chi connectivity index (χ0) is 18.2. The van der Waals surface area contributed by atoms with E-state index in [1.807, 2.05) is 50.2 Å². The fourth-order valence-electron chi connectivity index (χ4n) is 2.24. The number of benzene rings is 1. The van der Waals surface area contributed by atoms with Crippen molar-refractivity contribution in [2.75, 3.05) is 25.5 Å². The van der Waals surface area contributed by atoms with E-state index in [0.717, 1.165) is 23.6 Å². The Morgan fingerprint density at radius 3 is 2.62 bits per heavy atom. The summed E-state index contributed by atoms with van der Waals surface area (Å²) in [7, 11) is 3.93. The average molecular weight is 471 g/mol. The molecule has 0 aliphatic rings. The maximum absolute atomic E-state index is 13.6. The normalized spacial score (nSPS) is 10.9. The number of hydrogen-bond donors (Lipinski definition) is 2. The number of aryl methyl sites for hydroxylation is 1. The largest absolute Gasteiger partial charge is 0.363 e. The first-order valence-corrected chi connectivity index (χ1v) is 8.40. The SMILES string of the molecule is CCNC(=NCc1ccc(C)c(F)c1)NCc1cccc(N(C)C)n1.I. The average Bonchev–Trinajstić information content (AvgIpc) is 2.60. The standard InChI is InChI=1S/C19H26FN5.HI/c1-5-21-19(22-12-15-10-9-14(2)17(20)11-15)23-13-16-7-6-8-18(24-16)25(3)4;/h6-11H,5,12-13H2,1-4H3,(H2,21,22,23);1H. The summed E-state index contributed by atoms with van der Waals surface area (Å²) in [6, 6.07) is 11.1. The molecule has 2 rings (SSSR count). The molecule has 0 unspecified atom stereocenters. The first-order valence-electron chi connectivity index (χ1n) is 8.40. The first-order chi connectivity index (χ1) is 12.0. The number of hydrogen-bond acceptors (Lipinski definition) is 3. The van der Waals surface area contributed by atoms with Crippen molar-refractivity contribution in [1.82, 2.24) is 15.6 Å². The molecule has 0 fully saturated rings. The van der Waals surface area contributed by atoms with E-state index in [2.05, 4.69) is 20.6 Å². The van der Waals surface area contributed by atoms with E-state index in [0.29, 0.717) is 24.6 Å². The molecular formula is C19H27FIN5. The lowest BCUT2D eigenvalue weighted by Gasteiger charge is -2.14. The number of aliphatic imine (C=N–C) groups is 1. The summed E-state index contributed by atoms with van der Waals surface area (Å²) in [6.45, 7) is 5.49. The molecule has 0 spiro atoms. The van der Waals surface area contributed by atoms with E-state index in [1.54, 1.807) is 13.0 Å². The van der Waals surface area contributed by atoms with Gasteiger partial charge in [0.1, 0.15) is 11.6 Å². The van der Waals surface area contributed by atoms with E-state index in [1.165, 1.54) is 6.07 Å². The third kappa shape index (κ3) is 6.78. The van der Waals surface area contributed by atoms with Crippen LogP contribution in [0.3, 0.4) is 0 Å². The van der Waals surface area contributed by atoms with Gasteiger partial charge in [0, 0.05) is 20.6 Å². The molecule has 0 atom stereocenters. The van der Waals surface area contributed by atoms with E-state index in [4.69, 9.17) is 0 Å². The van der Waals surface area contributed by atoms with Crippen LogP contribution in [0.15, 0.2) is 41.4 Å². The van der Waals surface area contributed by atoms with Crippen LogP contribution in [-0.2, 0) is 13.1 Å². The van der Waals surface area contributed by atoms with E-state index < -0.39 is 0 Å². The van der Waals surface area contributed by atoms with Crippen LogP contribution in [0.25, 0.3) is 0 Å². The Hall–Kier alpha value is -1.90. The second kappa shape index (κ2) is 10.9. The van der Waals surface area contributed by atoms with Gasteiger partial charge in [0.05, 0.1) is 18.8 Å². The number of nitrogens with one attached hydrogen (secondary N) is 2. The molecular weight excluding hydrogens is 444 g/mol. The molecule has 5 nitrogen and oxygen atoms in total. The van der Waals surface area contributed by atoms with E-state index in [-0.39, 0.29) is 29.8 Å². The van der Waals surface area contributed by atoms with Crippen LogP contribution in [0.2, 0.25) is 0 Å². The van der Waals surface area contributed by atoms with Gasteiger partial charge in [-0.15, -0.1) is 24.0 Å². The van der Waals surface area contributed by atoms with Crippen molar-refractivity contribution in [3.63, 3.8) is 0 Å². The molecule has 1 aromatic carbocycles. The zero-order valence-electron chi connectivity index (χ0n) is 15.7. The van der Waals surface area contributed by atoms with E-state index in [9.17, 15) is 4.39 Å². The highest BCUT2D eigenvalue weighted by Crippen LogP contribution is 2.10. The maximum atomic E-state index is 13.6. The number of nitrogens with zero attached hydrogens (tertiary/aromatic N) is 3. The van der Waals surface area contributed by atoms with Crippen LogP contribution < -0.4 is 15.5 Å². The molecule has 26 heavy (non-hydrogen) atoms. The lowest BCUT2D eigenvalue weighted by molar-refractivity contribution is 0.616. The Labute approximate surface area is 172 Å². The van der Waals surface area contributed by atoms with Gasteiger partial charge in [-0.25, -0.2) is 14.4 Å². The number of rotatable bonds is 6. The predicted molar refractivity (Wildman–Crippen MR) is 117 cm³/mol. The van der Waals surface area contributed by atoms with Crippen molar-refractivity contribution >= 4 is 35.8 Å². The van der Waals surface area contributed by atoms with Crippen LogP contribution in [0.5, 0.6) is 0 Å². The third-order valence-corrected chi connectivity index (χ3v) is 3.69. The Kier molecular flexibility index (Phi) is 9.32. The minimum atomic E-state index is -0.199. The van der Waals surface area contributed by atoms with Gasteiger partial charge < -0.3 is 15.5 Å². The molecule has 0 amide bonds. The van der Waals surface area contributed by atoms with Crippen LogP contribution >= 0.6 is 24.0 Å². The Morgan fingerprint density at radius 2 is 1.96 bits per heavy atom. The van der Waals surface area contributed by atoms with Gasteiger partial charge in [0.15, 0.2) is 5.96 Å². The summed E-state index contributed by atoms with van der Waals surface area (Å²) >= 11 is 0. The number of aromatic nitrogens is 1. The molecule has 0 radical (unpaired) electrons. The minimum Gasteiger partial charge on any atom is -0.363 e. The highest BCUT2D eigenvalue weighted by molar-refractivity contribution is 14.0. The Bertz CT molecular complexity index is 734. The highest BCUT2D eigenvalue weighted by Gasteiger charge is 2.03. The highest BCUT2D eigenvalue weighted by atomic mass is 127. The first kappa shape index (κ1) is 22.1. The molecule has 7 heteroatoms. The molecule has 2 aromatic rings. The zero-order valence-corrected chi connectivity index (χ0v) is 18.0. The smallest absolute Gasteiger partial charge is 0.191 e. The van der Waals surface area contributed by atoms with Gasteiger partial charge >= 0.3 is 0 Å². The molecule has 1 heterocycles. The number of guanidine groups is 1. The van der Waals surface area contributed by atoms with E-state index >= 15 is 0 Å².